The van der Waals surface area contributed by atoms with E-state index in [4.69, 9.17) is 0 Å². The van der Waals surface area contributed by atoms with Crippen molar-refractivity contribution in [2.45, 2.75) is 31.8 Å². The number of aromatic nitrogens is 2. The van der Waals surface area contributed by atoms with Gasteiger partial charge in [-0.25, -0.2) is 4.39 Å². The molecule has 1 fully saturated rings. The van der Waals surface area contributed by atoms with Gasteiger partial charge in [0.15, 0.2) is 0 Å². The second-order valence-corrected chi connectivity index (χ2v) is 6.00. The zero-order valence-electron chi connectivity index (χ0n) is 13.6. The third kappa shape index (κ3) is 3.60. The lowest BCUT2D eigenvalue weighted by atomic mass is 9.87. The number of carbonyl (C=O) groups is 1. The molecule has 0 atom stereocenters. The van der Waals surface area contributed by atoms with Crippen LogP contribution in [-0.4, -0.2) is 28.8 Å². The van der Waals surface area contributed by atoms with E-state index >= 15 is 0 Å². The zero-order valence-corrected chi connectivity index (χ0v) is 14.4. The summed E-state index contributed by atoms with van der Waals surface area (Å²) in [6.45, 7) is 3.67. The van der Waals surface area contributed by atoms with Crippen LogP contribution in [-0.2, 0) is 16.9 Å². The average molecular weight is 353 g/mol. The second-order valence-electron chi connectivity index (χ2n) is 6.00. The van der Waals surface area contributed by atoms with Crippen molar-refractivity contribution in [3.05, 3.63) is 53.6 Å². The standard InChI is InChI=1S/C17H21FN4O.ClH/c1-13-11-14(3-4-15(13)18)12-20-16(23)17(5-8-19-9-6-17)22-10-2-7-21-22;/h2-4,7,10-11,19H,5-6,8-9,12H2,1H3,(H,20,23);1H. The average Bonchev–Trinajstić information content (AvgIpc) is 3.11. The molecule has 1 aromatic carbocycles. The topological polar surface area (TPSA) is 59.0 Å². The maximum Gasteiger partial charge on any atom is 0.248 e. The molecule has 3 rings (SSSR count). The van der Waals surface area contributed by atoms with Crippen LogP contribution in [0.1, 0.15) is 24.0 Å². The van der Waals surface area contributed by atoms with Crippen LogP contribution in [0.25, 0.3) is 0 Å². The van der Waals surface area contributed by atoms with E-state index in [2.05, 4.69) is 15.7 Å². The number of amides is 1. The number of rotatable bonds is 4. The van der Waals surface area contributed by atoms with Gasteiger partial charge in [0.25, 0.3) is 0 Å². The quantitative estimate of drug-likeness (QED) is 0.886. The van der Waals surface area contributed by atoms with Gasteiger partial charge >= 0.3 is 0 Å². The van der Waals surface area contributed by atoms with Crippen molar-refractivity contribution in [3.8, 4) is 0 Å². The monoisotopic (exact) mass is 352 g/mol. The predicted molar refractivity (Wildman–Crippen MR) is 92.5 cm³/mol. The summed E-state index contributed by atoms with van der Waals surface area (Å²) in [5.74, 6) is -0.267. The highest BCUT2D eigenvalue weighted by molar-refractivity contribution is 5.85. The van der Waals surface area contributed by atoms with Crippen molar-refractivity contribution < 1.29 is 9.18 Å². The molecule has 2 heterocycles. The van der Waals surface area contributed by atoms with Crippen LogP contribution < -0.4 is 10.6 Å². The van der Waals surface area contributed by atoms with Crippen LogP contribution in [0.5, 0.6) is 0 Å². The first-order valence-corrected chi connectivity index (χ1v) is 7.86. The predicted octanol–water partition coefficient (Wildman–Crippen LogP) is 2.15. The highest BCUT2D eigenvalue weighted by atomic mass is 35.5. The number of piperidine rings is 1. The largest absolute Gasteiger partial charge is 0.350 e. The summed E-state index contributed by atoms with van der Waals surface area (Å²) in [5, 5.41) is 10.6. The molecule has 1 aromatic heterocycles. The fraction of sp³-hybridized carbons (Fsp3) is 0.412. The van der Waals surface area contributed by atoms with E-state index in [-0.39, 0.29) is 24.1 Å². The minimum atomic E-state index is -0.649. The number of hydrogen-bond acceptors (Lipinski definition) is 3. The molecule has 7 heteroatoms. The van der Waals surface area contributed by atoms with Gasteiger partial charge in [0.05, 0.1) is 0 Å². The Bertz CT molecular complexity index is 684. The number of nitrogens with one attached hydrogen (secondary N) is 2. The van der Waals surface area contributed by atoms with Crippen LogP contribution in [0, 0.1) is 12.7 Å². The summed E-state index contributed by atoms with van der Waals surface area (Å²) >= 11 is 0. The third-order valence-electron chi connectivity index (χ3n) is 4.47. The van der Waals surface area contributed by atoms with Gasteiger partial charge in [-0.3, -0.25) is 9.48 Å². The Morgan fingerprint density at radius 1 is 1.42 bits per heavy atom. The SMILES string of the molecule is Cc1cc(CNC(=O)C2(n3cccn3)CCNCC2)ccc1F.Cl. The van der Waals surface area contributed by atoms with Crippen molar-refractivity contribution in [2.75, 3.05) is 13.1 Å². The summed E-state index contributed by atoms with van der Waals surface area (Å²) in [7, 11) is 0. The molecule has 0 bridgehead atoms. The van der Waals surface area contributed by atoms with Gasteiger partial charge in [0, 0.05) is 18.9 Å². The minimum Gasteiger partial charge on any atom is -0.350 e. The van der Waals surface area contributed by atoms with E-state index in [0.29, 0.717) is 24.9 Å². The maximum atomic E-state index is 13.3. The number of nitrogens with zero attached hydrogens (tertiary/aromatic N) is 2. The molecule has 0 spiro atoms. The summed E-state index contributed by atoms with van der Waals surface area (Å²) in [4.78, 5) is 12.9. The molecular weight excluding hydrogens is 331 g/mol. The molecule has 2 N–H and O–H groups in total. The molecule has 0 unspecified atom stereocenters. The number of benzene rings is 1. The van der Waals surface area contributed by atoms with Crippen LogP contribution in [0.3, 0.4) is 0 Å². The Morgan fingerprint density at radius 3 is 2.79 bits per heavy atom. The molecule has 0 radical (unpaired) electrons. The summed E-state index contributed by atoms with van der Waals surface area (Å²) in [6.07, 6.45) is 4.93. The van der Waals surface area contributed by atoms with E-state index in [1.165, 1.54) is 6.07 Å². The van der Waals surface area contributed by atoms with Gasteiger partial charge in [-0.15, -0.1) is 12.4 Å². The molecule has 24 heavy (non-hydrogen) atoms. The Hall–Kier alpha value is -1.92. The second kappa shape index (κ2) is 7.77. The first-order chi connectivity index (χ1) is 11.1. The lowest BCUT2D eigenvalue weighted by molar-refractivity contribution is -0.132. The summed E-state index contributed by atoms with van der Waals surface area (Å²) < 4.78 is 15.1. The lowest BCUT2D eigenvalue weighted by Crippen LogP contribution is -2.54. The van der Waals surface area contributed by atoms with Crippen molar-refractivity contribution in [1.29, 1.82) is 0 Å². The highest BCUT2D eigenvalue weighted by Gasteiger charge is 2.41. The van der Waals surface area contributed by atoms with Gasteiger partial charge < -0.3 is 10.6 Å². The van der Waals surface area contributed by atoms with Gasteiger partial charge in [0.2, 0.25) is 5.91 Å². The molecule has 1 aliphatic heterocycles. The van der Waals surface area contributed by atoms with Gasteiger partial charge in [-0.1, -0.05) is 12.1 Å². The Kier molecular flexibility index (Phi) is 5.96. The first kappa shape index (κ1) is 18.4. The Labute approximate surface area is 147 Å². The molecule has 5 nitrogen and oxygen atoms in total. The van der Waals surface area contributed by atoms with Crippen LogP contribution in [0.2, 0.25) is 0 Å². The molecule has 1 saturated heterocycles. The summed E-state index contributed by atoms with van der Waals surface area (Å²) in [5.41, 5.74) is 0.825. The van der Waals surface area contributed by atoms with Crippen molar-refractivity contribution in [2.24, 2.45) is 0 Å². The van der Waals surface area contributed by atoms with E-state index in [1.807, 2.05) is 12.3 Å². The van der Waals surface area contributed by atoms with E-state index in [1.54, 1.807) is 29.9 Å². The molecule has 1 aliphatic rings. The molecule has 1 amide bonds. The summed E-state index contributed by atoms with van der Waals surface area (Å²) in [6, 6.07) is 6.73. The molecule has 0 aliphatic carbocycles. The molecule has 2 aromatic rings. The minimum absolute atomic E-state index is 0. The van der Waals surface area contributed by atoms with Crippen LogP contribution in [0.4, 0.5) is 4.39 Å². The third-order valence-corrected chi connectivity index (χ3v) is 4.47. The maximum absolute atomic E-state index is 13.3. The van der Waals surface area contributed by atoms with Crippen LogP contribution >= 0.6 is 12.4 Å². The lowest BCUT2D eigenvalue weighted by Gasteiger charge is -2.36. The van der Waals surface area contributed by atoms with E-state index in [9.17, 15) is 9.18 Å². The van der Waals surface area contributed by atoms with E-state index < -0.39 is 5.54 Å². The van der Waals surface area contributed by atoms with Crippen LogP contribution in [0.15, 0.2) is 36.7 Å². The van der Waals surface area contributed by atoms with Crippen molar-refractivity contribution >= 4 is 18.3 Å². The fourth-order valence-electron chi connectivity index (χ4n) is 3.09. The zero-order chi connectivity index (χ0) is 16.3. The van der Waals surface area contributed by atoms with E-state index in [0.717, 1.165) is 18.7 Å². The molecule has 0 saturated carbocycles. The first-order valence-electron chi connectivity index (χ1n) is 7.86. The number of aryl methyl sites for hydroxylation is 1. The van der Waals surface area contributed by atoms with Gasteiger partial charge in [-0.2, -0.15) is 5.10 Å². The van der Waals surface area contributed by atoms with Crippen molar-refractivity contribution in [3.63, 3.8) is 0 Å². The number of halogens is 2. The van der Waals surface area contributed by atoms with Gasteiger partial charge in [-0.05, 0) is 56.1 Å². The Balaban J connectivity index is 0.00000208. The molecule has 130 valence electrons. The highest BCUT2D eigenvalue weighted by Crippen LogP contribution is 2.27. The normalized spacial score (nSPS) is 16.2. The fourth-order valence-corrected chi connectivity index (χ4v) is 3.09. The van der Waals surface area contributed by atoms with Crippen molar-refractivity contribution in [1.82, 2.24) is 20.4 Å². The van der Waals surface area contributed by atoms with Gasteiger partial charge in [0.1, 0.15) is 11.4 Å². The Morgan fingerprint density at radius 2 is 2.17 bits per heavy atom. The number of carbonyl (C=O) groups excluding carboxylic acids is 1. The smallest absolute Gasteiger partial charge is 0.248 e. The number of hydrogen-bond donors (Lipinski definition) is 2. The molecular formula is C17H22ClFN4O.